The Morgan fingerprint density at radius 1 is 1.44 bits per heavy atom. The monoisotopic (exact) mass is 267 g/mol. The number of piperazine rings is 1. The number of hydrogen-bond donors (Lipinski definition) is 1. The summed E-state index contributed by atoms with van der Waals surface area (Å²) in [6.07, 6.45) is 0. The van der Waals surface area contributed by atoms with Gasteiger partial charge in [0, 0.05) is 25.7 Å². The number of benzene rings is 1. The van der Waals surface area contributed by atoms with Gasteiger partial charge in [0.15, 0.2) is 0 Å². The Hall–Kier alpha value is -1.20. The van der Waals surface area contributed by atoms with Gasteiger partial charge in [-0.3, -0.25) is 0 Å². The molecule has 0 bridgehead atoms. The third-order valence-corrected chi connectivity index (χ3v) is 3.58. The quantitative estimate of drug-likeness (QED) is 0.825. The number of nitrogens with zero attached hydrogens (tertiary/aromatic N) is 2. The lowest BCUT2D eigenvalue weighted by molar-refractivity contribution is 0.275. The van der Waals surface area contributed by atoms with Gasteiger partial charge in [0.1, 0.15) is 10.8 Å². The van der Waals surface area contributed by atoms with Crippen molar-refractivity contribution in [3.63, 3.8) is 0 Å². The molecule has 1 aromatic rings. The van der Waals surface area contributed by atoms with E-state index in [0.29, 0.717) is 11.6 Å². The zero-order valence-corrected chi connectivity index (χ0v) is 11.5. The van der Waals surface area contributed by atoms with Crippen LogP contribution < -0.4 is 10.6 Å². The van der Waals surface area contributed by atoms with Gasteiger partial charge < -0.3 is 15.5 Å². The maximum Gasteiger partial charge on any atom is 0.135 e. The molecule has 1 unspecified atom stereocenters. The average molecular weight is 267 g/mol. The number of thiocarbonyl (C=S) groups is 1. The number of nitrogens with two attached hydrogens (primary N) is 1. The van der Waals surface area contributed by atoms with E-state index in [1.165, 1.54) is 6.07 Å². The Morgan fingerprint density at radius 3 is 2.78 bits per heavy atom. The van der Waals surface area contributed by atoms with Gasteiger partial charge in [0.05, 0.1) is 11.3 Å². The molecule has 1 aromatic carbocycles. The largest absolute Gasteiger partial charge is 0.389 e. The van der Waals surface area contributed by atoms with E-state index in [-0.39, 0.29) is 10.8 Å². The topological polar surface area (TPSA) is 32.5 Å². The summed E-state index contributed by atoms with van der Waals surface area (Å²) in [5, 5.41) is 0. The van der Waals surface area contributed by atoms with Crippen LogP contribution in [0.25, 0.3) is 0 Å². The predicted molar refractivity (Wildman–Crippen MR) is 76.6 cm³/mol. The van der Waals surface area contributed by atoms with Gasteiger partial charge >= 0.3 is 0 Å². The van der Waals surface area contributed by atoms with Crippen molar-refractivity contribution in [2.24, 2.45) is 5.73 Å². The molecule has 3 nitrogen and oxygen atoms in total. The highest BCUT2D eigenvalue weighted by atomic mass is 32.1. The number of hydrogen-bond acceptors (Lipinski definition) is 3. The van der Waals surface area contributed by atoms with Gasteiger partial charge in [-0.15, -0.1) is 0 Å². The van der Waals surface area contributed by atoms with Crippen molar-refractivity contribution in [3.05, 3.63) is 29.6 Å². The summed E-state index contributed by atoms with van der Waals surface area (Å²) < 4.78 is 13.9. The third kappa shape index (κ3) is 2.47. The second-order valence-corrected chi connectivity index (χ2v) is 5.24. The molecule has 0 aliphatic carbocycles. The van der Waals surface area contributed by atoms with Gasteiger partial charge in [0.2, 0.25) is 0 Å². The molecule has 1 fully saturated rings. The van der Waals surface area contributed by atoms with Crippen LogP contribution in [0.2, 0.25) is 0 Å². The fourth-order valence-corrected chi connectivity index (χ4v) is 2.70. The summed E-state index contributed by atoms with van der Waals surface area (Å²) in [6, 6.07) is 5.31. The number of rotatable bonds is 2. The van der Waals surface area contributed by atoms with Crippen molar-refractivity contribution >= 4 is 22.9 Å². The number of likely N-dealkylation sites (N-methyl/N-ethyl adjacent to an activating group) is 1. The van der Waals surface area contributed by atoms with Crippen molar-refractivity contribution in [1.82, 2.24) is 4.90 Å². The Morgan fingerprint density at radius 2 is 2.17 bits per heavy atom. The third-order valence-electron chi connectivity index (χ3n) is 3.38. The molecule has 0 aromatic heterocycles. The fraction of sp³-hybridized carbons (Fsp3) is 0.462. The first-order chi connectivity index (χ1) is 8.50. The number of halogens is 1. The van der Waals surface area contributed by atoms with Crippen LogP contribution in [-0.2, 0) is 0 Å². The van der Waals surface area contributed by atoms with Gasteiger partial charge in [-0.1, -0.05) is 18.3 Å². The molecule has 1 aliphatic rings. The maximum atomic E-state index is 13.9. The van der Waals surface area contributed by atoms with Crippen LogP contribution in [-0.4, -0.2) is 42.6 Å². The SMILES string of the molecule is CC1CN(C)CCN1c1cccc(F)c1C(N)=S. The van der Waals surface area contributed by atoms with Crippen molar-refractivity contribution in [2.45, 2.75) is 13.0 Å². The van der Waals surface area contributed by atoms with E-state index in [9.17, 15) is 4.39 Å². The highest BCUT2D eigenvalue weighted by Crippen LogP contribution is 2.26. The van der Waals surface area contributed by atoms with Crippen molar-refractivity contribution < 1.29 is 4.39 Å². The summed E-state index contributed by atoms with van der Waals surface area (Å²) in [6.45, 7) is 4.89. The maximum absolute atomic E-state index is 13.9. The molecule has 0 radical (unpaired) electrons. The van der Waals surface area contributed by atoms with Crippen LogP contribution in [0, 0.1) is 5.82 Å². The first-order valence-electron chi connectivity index (χ1n) is 6.04. The Kier molecular flexibility index (Phi) is 3.82. The molecule has 5 heteroatoms. The fourth-order valence-electron chi connectivity index (χ4n) is 2.49. The second kappa shape index (κ2) is 5.20. The first-order valence-corrected chi connectivity index (χ1v) is 6.45. The van der Waals surface area contributed by atoms with Crippen LogP contribution >= 0.6 is 12.2 Å². The number of anilines is 1. The Labute approximate surface area is 112 Å². The van der Waals surface area contributed by atoms with Crippen molar-refractivity contribution in [2.75, 3.05) is 31.6 Å². The molecular weight excluding hydrogens is 249 g/mol. The summed E-state index contributed by atoms with van der Waals surface area (Å²) >= 11 is 4.97. The van der Waals surface area contributed by atoms with E-state index in [0.717, 1.165) is 25.3 Å². The smallest absolute Gasteiger partial charge is 0.135 e. The van der Waals surface area contributed by atoms with Crippen LogP contribution in [0.3, 0.4) is 0 Å². The van der Waals surface area contributed by atoms with Crippen LogP contribution in [0.1, 0.15) is 12.5 Å². The summed E-state index contributed by atoms with van der Waals surface area (Å²) in [5.74, 6) is -0.342. The lowest BCUT2D eigenvalue weighted by Gasteiger charge is -2.40. The highest BCUT2D eigenvalue weighted by Gasteiger charge is 2.25. The molecule has 1 aliphatic heterocycles. The van der Waals surface area contributed by atoms with E-state index in [2.05, 4.69) is 23.8 Å². The molecule has 1 heterocycles. The standard InChI is InChI=1S/C13H18FN3S/c1-9-8-16(2)6-7-17(9)11-5-3-4-10(14)12(11)13(15)18/h3-5,9H,6-8H2,1-2H3,(H2,15,18). The second-order valence-electron chi connectivity index (χ2n) is 4.80. The van der Waals surface area contributed by atoms with Crippen molar-refractivity contribution in [3.8, 4) is 0 Å². The minimum Gasteiger partial charge on any atom is -0.389 e. The van der Waals surface area contributed by atoms with Gasteiger partial charge in [0.25, 0.3) is 0 Å². The van der Waals surface area contributed by atoms with Gasteiger partial charge in [-0.2, -0.15) is 0 Å². The zero-order chi connectivity index (χ0) is 13.3. The molecule has 1 saturated heterocycles. The summed E-state index contributed by atoms with van der Waals surface area (Å²) in [7, 11) is 2.09. The van der Waals surface area contributed by atoms with Crippen LogP contribution in [0.15, 0.2) is 18.2 Å². The molecule has 2 N–H and O–H groups in total. The summed E-state index contributed by atoms with van der Waals surface area (Å²) in [5.41, 5.74) is 6.82. The molecule has 98 valence electrons. The van der Waals surface area contributed by atoms with E-state index in [1.807, 2.05) is 6.07 Å². The molecule has 0 saturated carbocycles. The predicted octanol–water partition coefficient (Wildman–Crippen LogP) is 1.60. The van der Waals surface area contributed by atoms with Crippen molar-refractivity contribution in [1.29, 1.82) is 0 Å². The summed E-state index contributed by atoms with van der Waals surface area (Å²) in [4.78, 5) is 4.56. The van der Waals surface area contributed by atoms with Crippen LogP contribution in [0.4, 0.5) is 10.1 Å². The lowest BCUT2D eigenvalue weighted by atomic mass is 10.1. The zero-order valence-electron chi connectivity index (χ0n) is 10.7. The minimum atomic E-state index is -0.342. The van der Waals surface area contributed by atoms with E-state index < -0.39 is 0 Å². The average Bonchev–Trinajstić information content (AvgIpc) is 2.28. The lowest BCUT2D eigenvalue weighted by Crippen LogP contribution is -2.51. The van der Waals surface area contributed by atoms with Gasteiger partial charge in [-0.05, 0) is 26.1 Å². The molecule has 18 heavy (non-hydrogen) atoms. The molecule has 0 amide bonds. The normalized spacial score (nSPS) is 21.1. The van der Waals surface area contributed by atoms with E-state index in [4.69, 9.17) is 18.0 Å². The molecular formula is C13H18FN3S. The van der Waals surface area contributed by atoms with E-state index >= 15 is 0 Å². The molecule has 2 rings (SSSR count). The first kappa shape index (κ1) is 13.2. The molecule has 0 spiro atoms. The highest BCUT2D eigenvalue weighted by molar-refractivity contribution is 7.80. The molecule has 1 atom stereocenters. The Balaban J connectivity index is 2.39. The van der Waals surface area contributed by atoms with E-state index in [1.54, 1.807) is 6.07 Å². The van der Waals surface area contributed by atoms with Gasteiger partial charge in [-0.25, -0.2) is 4.39 Å². The Bertz CT molecular complexity index is 464. The van der Waals surface area contributed by atoms with Crippen LogP contribution in [0.5, 0.6) is 0 Å². The minimum absolute atomic E-state index is 0.120.